The lowest BCUT2D eigenvalue weighted by molar-refractivity contribution is -0.118. The maximum absolute atomic E-state index is 11.7. The molecule has 0 heterocycles. The van der Waals surface area contributed by atoms with Crippen LogP contribution < -0.4 is 16.8 Å². The number of benzene rings is 1. The van der Waals surface area contributed by atoms with Gasteiger partial charge >= 0.3 is 0 Å². The van der Waals surface area contributed by atoms with E-state index in [0.29, 0.717) is 0 Å². The predicted octanol–water partition coefficient (Wildman–Crippen LogP) is -0.942. The summed E-state index contributed by atoms with van der Waals surface area (Å²) in [5.41, 5.74) is 10.5. The summed E-state index contributed by atoms with van der Waals surface area (Å²) in [6.07, 6.45) is 1.11. The second kappa shape index (κ2) is 5.67. The fraction of sp³-hybridized carbons (Fsp3) is 0.182. The number of phenolic OH excluding ortho intramolecular Hbond substituents is 1. The van der Waals surface area contributed by atoms with Crippen molar-refractivity contribution < 1.29 is 19.5 Å². The Bertz CT molecular complexity index is 487. The number of aromatic hydroxyl groups is 1. The number of nitrogens with two attached hydrogens (primary N) is 2. The number of primary amides is 1. The van der Waals surface area contributed by atoms with Gasteiger partial charge in [0, 0.05) is 5.69 Å². The van der Waals surface area contributed by atoms with Gasteiger partial charge in [0.1, 0.15) is 11.8 Å². The summed E-state index contributed by atoms with van der Waals surface area (Å²) in [5, 5.41) is 11.7. The minimum Gasteiger partial charge on any atom is -0.507 e. The minimum atomic E-state index is -1.16. The molecule has 0 aliphatic heterocycles. The van der Waals surface area contributed by atoms with Gasteiger partial charge in [-0.1, -0.05) is 0 Å². The van der Waals surface area contributed by atoms with Gasteiger partial charge < -0.3 is 21.9 Å². The first-order valence-corrected chi connectivity index (χ1v) is 4.99. The van der Waals surface area contributed by atoms with E-state index in [0.717, 1.165) is 0 Å². The topological polar surface area (TPSA) is 136 Å². The first-order valence-electron chi connectivity index (χ1n) is 4.99. The molecule has 0 spiro atoms. The second-order valence-electron chi connectivity index (χ2n) is 3.59. The molecule has 0 saturated heterocycles. The summed E-state index contributed by atoms with van der Waals surface area (Å²) in [6.45, 7) is 0. The molecule has 1 rings (SSSR count). The molecule has 18 heavy (non-hydrogen) atoms. The molecule has 0 aliphatic rings. The second-order valence-corrected chi connectivity index (χ2v) is 3.59. The molecule has 1 aromatic carbocycles. The van der Waals surface area contributed by atoms with Crippen molar-refractivity contribution >= 4 is 23.8 Å². The average Bonchev–Trinajstić information content (AvgIpc) is 2.30. The number of hydrogen-bond donors (Lipinski definition) is 4. The Hall–Kier alpha value is -2.57. The number of nitrogens with one attached hydrogen (secondary N) is 1. The highest BCUT2D eigenvalue weighted by molar-refractivity contribution is 5.99. The molecule has 7 nitrogen and oxygen atoms in total. The lowest BCUT2D eigenvalue weighted by Crippen LogP contribution is -2.39. The quantitative estimate of drug-likeness (QED) is 0.395. The first kappa shape index (κ1) is 13.5. The van der Waals surface area contributed by atoms with Gasteiger partial charge in [-0.3, -0.25) is 14.4 Å². The zero-order valence-electron chi connectivity index (χ0n) is 9.34. The highest BCUT2D eigenvalue weighted by Crippen LogP contribution is 2.19. The van der Waals surface area contributed by atoms with Crippen molar-refractivity contribution in [3.8, 4) is 5.75 Å². The number of hydrogen-bond acceptors (Lipinski definition) is 5. The third-order valence-electron chi connectivity index (χ3n) is 2.12. The van der Waals surface area contributed by atoms with Gasteiger partial charge in [-0.05, 0) is 18.2 Å². The van der Waals surface area contributed by atoms with Gasteiger partial charge in [0.2, 0.25) is 12.2 Å². The number of carbonyl (C=O) groups excluding carboxylic acids is 3. The van der Waals surface area contributed by atoms with Crippen LogP contribution in [0.15, 0.2) is 18.2 Å². The van der Waals surface area contributed by atoms with Gasteiger partial charge in [0.05, 0.1) is 12.0 Å². The van der Waals surface area contributed by atoms with Gasteiger partial charge in [-0.25, -0.2) is 0 Å². The molecule has 0 bridgehead atoms. The van der Waals surface area contributed by atoms with E-state index in [-0.39, 0.29) is 23.4 Å². The Morgan fingerprint density at radius 3 is 2.67 bits per heavy atom. The van der Waals surface area contributed by atoms with Crippen LogP contribution in [0.3, 0.4) is 0 Å². The molecular weight excluding hydrogens is 238 g/mol. The Balaban J connectivity index is 2.83. The van der Waals surface area contributed by atoms with Gasteiger partial charge in [0.25, 0.3) is 5.91 Å². The van der Waals surface area contributed by atoms with E-state index in [4.69, 9.17) is 11.5 Å². The van der Waals surface area contributed by atoms with Crippen molar-refractivity contribution in [2.75, 3.05) is 5.73 Å². The van der Waals surface area contributed by atoms with E-state index >= 15 is 0 Å². The molecule has 1 atom stereocenters. The largest absolute Gasteiger partial charge is 0.507 e. The van der Waals surface area contributed by atoms with Crippen LogP contribution in [0.25, 0.3) is 0 Å². The maximum Gasteiger partial charge on any atom is 0.255 e. The van der Waals surface area contributed by atoms with E-state index in [1.165, 1.54) is 24.5 Å². The van der Waals surface area contributed by atoms with Crippen LogP contribution in [-0.2, 0) is 9.59 Å². The van der Waals surface area contributed by atoms with E-state index in [9.17, 15) is 19.5 Å². The lowest BCUT2D eigenvalue weighted by Gasteiger charge is -2.11. The maximum atomic E-state index is 11.7. The number of carbonyl (C=O) groups is 2. The van der Waals surface area contributed by atoms with Crippen molar-refractivity contribution in [3.63, 3.8) is 0 Å². The van der Waals surface area contributed by atoms with E-state index < -0.39 is 17.9 Å². The average molecular weight is 250 g/mol. The summed E-state index contributed by atoms with van der Waals surface area (Å²) in [7, 11) is 0. The normalized spacial score (nSPS) is 11.6. The van der Waals surface area contributed by atoms with Crippen molar-refractivity contribution in [3.05, 3.63) is 23.8 Å². The Labute approximate surface area is 103 Å². The number of anilines is 1. The van der Waals surface area contributed by atoms with Crippen molar-refractivity contribution in [1.29, 1.82) is 0 Å². The fourth-order valence-electron chi connectivity index (χ4n) is 1.29. The molecule has 0 fully saturated rings. The summed E-state index contributed by atoms with van der Waals surface area (Å²) in [5.74, 6) is -1.78. The highest BCUT2D eigenvalue weighted by Gasteiger charge is 2.18. The predicted molar refractivity (Wildman–Crippen MR) is 63.3 cm³/mol. The number of phenols is 1. The monoisotopic (exact) mass is 250 g/mol. The molecule has 2 amide bonds. The van der Waals surface area contributed by atoms with Gasteiger partial charge in [-0.15, -0.1) is 0 Å². The summed E-state index contributed by atoms with van der Waals surface area (Å²) in [6, 6.07) is 2.75. The van der Waals surface area contributed by atoms with Crippen molar-refractivity contribution in [2.24, 2.45) is 5.73 Å². The molecule has 0 aromatic heterocycles. The third-order valence-corrected chi connectivity index (χ3v) is 2.12. The number of rotatable bonds is 5. The summed E-state index contributed by atoms with van der Waals surface area (Å²) in [4.78, 5) is 32.9. The van der Waals surface area contributed by atoms with Gasteiger partial charge in [0.15, 0.2) is 0 Å². The van der Waals surface area contributed by atoms with Crippen LogP contribution in [0, 0.1) is 0 Å². The minimum absolute atomic E-state index is 0.0975. The summed E-state index contributed by atoms with van der Waals surface area (Å²) < 4.78 is 0. The van der Waals surface area contributed by atoms with Crippen LogP contribution >= 0.6 is 0 Å². The first-order chi connectivity index (χ1) is 8.43. The number of nitrogen functional groups attached to an aromatic ring is 1. The van der Waals surface area contributed by atoms with Crippen molar-refractivity contribution in [2.45, 2.75) is 12.5 Å². The van der Waals surface area contributed by atoms with Crippen LogP contribution in [0.2, 0.25) is 0 Å². The van der Waals surface area contributed by atoms with E-state index in [2.05, 4.69) is 5.32 Å². The van der Waals surface area contributed by atoms with Crippen LogP contribution in [0.1, 0.15) is 16.8 Å². The molecule has 0 saturated carbocycles. The molecule has 1 aromatic rings. The SMILES string of the molecule is NC(=O)C[C@H]([C]=O)NC(=O)c1cc(N)ccc1O. The molecule has 95 valence electrons. The fourth-order valence-corrected chi connectivity index (χ4v) is 1.29. The smallest absolute Gasteiger partial charge is 0.255 e. The zero-order chi connectivity index (χ0) is 13.7. The van der Waals surface area contributed by atoms with Crippen LogP contribution in [0.5, 0.6) is 5.75 Å². The Morgan fingerprint density at radius 2 is 2.11 bits per heavy atom. The zero-order valence-corrected chi connectivity index (χ0v) is 9.34. The lowest BCUT2D eigenvalue weighted by atomic mass is 10.1. The van der Waals surface area contributed by atoms with Crippen LogP contribution in [-0.4, -0.2) is 29.2 Å². The molecule has 1 radical (unpaired) electrons. The molecule has 7 heteroatoms. The summed E-state index contributed by atoms with van der Waals surface area (Å²) >= 11 is 0. The highest BCUT2D eigenvalue weighted by atomic mass is 16.3. The number of amides is 2. The third kappa shape index (κ3) is 3.48. The van der Waals surface area contributed by atoms with Gasteiger partial charge in [-0.2, -0.15) is 0 Å². The molecule has 6 N–H and O–H groups in total. The molecular formula is C11H12N3O4. The molecule has 0 aliphatic carbocycles. The van der Waals surface area contributed by atoms with E-state index in [1.807, 2.05) is 0 Å². The Morgan fingerprint density at radius 1 is 1.44 bits per heavy atom. The van der Waals surface area contributed by atoms with E-state index in [1.54, 1.807) is 0 Å². The van der Waals surface area contributed by atoms with Crippen LogP contribution in [0.4, 0.5) is 5.69 Å². The van der Waals surface area contributed by atoms with Crippen molar-refractivity contribution in [1.82, 2.24) is 5.32 Å². The Kier molecular flexibility index (Phi) is 4.25. The standard InChI is InChI=1S/C11H12N3O4/c12-6-1-2-9(16)8(3-6)11(18)14-7(5-15)4-10(13)17/h1-3,7,16H,4,12H2,(H2,13,17)(H,14,18)/t7-/m1/s1. The molecule has 0 unspecified atom stereocenters.